The number of amides is 1. The van der Waals surface area contributed by atoms with Gasteiger partial charge in [0.2, 0.25) is 5.91 Å². The fraction of sp³-hybridized carbons (Fsp3) is 0.269. The van der Waals surface area contributed by atoms with E-state index in [-0.39, 0.29) is 12.0 Å². The van der Waals surface area contributed by atoms with E-state index in [0.717, 1.165) is 62.5 Å². The Morgan fingerprint density at radius 1 is 1.16 bits per heavy atom. The molecule has 0 aliphatic carbocycles. The molecule has 6 heteroatoms. The number of carbonyl (C=O) groups excluding carboxylic acids is 1. The molecule has 0 radical (unpaired) electrons. The van der Waals surface area contributed by atoms with E-state index in [1.54, 1.807) is 6.20 Å². The number of carbonyl (C=O) groups is 1. The lowest BCUT2D eigenvalue weighted by Crippen LogP contribution is -2.35. The number of aromatic nitrogens is 3. The number of ether oxygens (including phenoxy) is 1. The van der Waals surface area contributed by atoms with E-state index in [0.29, 0.717) is 13.0 Å². The average molecular weight is 427 g/mol. The molecule has 6 nitrogen and oxygen atoms in total. The topological polar surface area (TPSA) is 79.9 Å². The molecule has 32 heavy (non-hydrogen) atoms. The summed E-state index contributed by atoms with van der Waals surface area (Å²) in [5.74, 6) is 0.847. The predicted molar refractivity (Wildman–Crippen MR) is 125 cm³/mol. The molecule has 162 valence electrons. The summed E-state index contributed by atoms with van der Waals surface area (Å²) < 4.78 is 6.28. The van der Waals surface area contributed by atoms with Gasteiger partial charge in [0.05, 0.1) is 30.0 Å². The molecular formula is C26H26N4O2. The van der Waals surface area contributed by atoms with Crippen LogP contribution in [-0.2, 0) is 17.6 Å². The highest BCUT2D eigenvalue weighted by Gasteiger charge is 2.27. The summed E-state index contributed by atoms with van der Waals surface area (Å²) in [5.41, 5.74) is 7.83. The lowest BCUT2D eigenvalue weighted by Gasteiger charge is -2.14. The van der Waals surface area contributed by atoms with Gasteiger partial charge in [-0.1, -0.05) is 30.3 Å². The number of para-hydroxylation sites is 2. The monoisotopic (exact) mass is 426 g/mol. The summed E-state index contributed by atoms with van der Waals surface area (Å²) in [5, 5.41) is 4.16. The zero-order chi connectivity index (χ0) is 22.2. The molecule has 2 aromatic carbocycles. The Morgan fingerprint density at radius 2 is 2.00 bits per heavy atom. The second-order valence-corrected chi connectivity index (χ2v) is 8.44. The number of H-pyrrole nitrogens is 1. The van der Waals surface area contributed by atoms with Gasteiger partial charge in [0.25, 0.3) is 0 Å². The fourth-order valence-corrected chi connectivity index (χ4v) is 4.44. The van der Waals surface area contributed by atoms with Crippen LogP contribution in [0.25, 0.3) is 22.2 Å². The third kappa shape index (κ3) is 3.73. The Labute approximate surface area is 187 Å². The second-order valence-electron chi connectivity index (χ2n) is 8.44. The van der Waals surface area contributed by atoms with Crippen molar-refractivity contribution in [3.63, 3.8) is 0 Å². The van der Waals surface area contributed by atoms with Gasteiger partial charge in [-0.25, -0.2) is 4.98 Å². The van der Waals surface area contributed by atoms with E-state index >= 15 is 0 Å². The smallest absolute Gasteiger partial charge is 0.224 e. The molecule has 4 aromatic rings. The highest BCUT2D eigenvalue weighted by molar-refractivity contribution is 5.90. The van der Waals surface area contributed by atoms with E-state index in [1.807, 2.05) is 51.1 Å². The number of hydrogen-bond acceptors (Lipinski definition) is 4. The highest BCUT2D eigenvalue weighted by atomic mass is 16.5. The number of nitrogens with one attached hydrogen (secondary N) is 2. The molecule has 0 saturated heterocycles. The summed E-state index contributed by atoms with van der Waals surface area (Å²) in [4.78, 5) is 25.2. The number of aryl methyl sites for hydroxylation is 3. The molecule has 0 fully saturated rings. The minimum absolute atomic E-state index is 0.00183. The van der Waals surface area contributed by atoms with Gasteiger partial charge >= 0.3 is 0 Å². The molecule has 1 aliphatic rings. The number of hydrogen-bond donors (Lipinski definition) is 2. The van der Waals surface area contributed by atoms with Crippen LogP contribution >= 0.6 is 0 Å². The summed E-state index contributed by atoms with van der Waals surface area (Å²) in [6.07, 6.45) is 2.78. The molecule has 0 bridgehead atoms. The zero-order valence-corrected chi connectivity index (χ0v) is 18.5. The van der Waals surface area contributed by atoms with Gasteiger partial charge < -0.3 is 15.0 Å². The molecule has 2 N–H and O–H groups in total. The molecule has 1 aliphatic heterocycles. The summed E-state index contributed by atoms with van der Waals surface area (Å²) >= 11 is 0. The number of aromatic amines is 1. The first-order valence-corrected chi connectivity index (χ1v) is 10.9. The van der Waals surface area contributed by atoms with Crippen LogP contribution < -0.4 is 10.1 Å². The Morgan fingerprint density at radius 3 is 2.88 bits per heavy atom. The summed E-state index contributed by atoms with van der Waals surface area (Å²) in [6.45, 7) is 6.37. The lowest BCUT2D eigenvalue weighted by molar-refractivity contribution is -0.120. The quantitative estimate of drug-likeness (QED) is 0.501. The number of rotatable bonds is 5. The fourth-order valence-electron chi connectivity index (χ4n) is 4.44. The highest BCUT2D eigenvalue weighted by Crippen LogP contribution is 2.38. The van der Waals surface area contributed by atoms with Gasteiger partial charge in [0.15, 0.2) is 0 Å². The summed E-state index contributed by atoms with van der Waals surface area (Å²) in [6, 6.07) is 14.2. The summed E-state index contributed by atoms with van der Waals surface area (Å²) in [7, 11) is 0. The van der Waals surface area contributed by atoms with E-state index in [1.165, 1.54) is 0 Å². The van der Waals surface area contributed by atoms with Crippen LogP contribution in [0.1, 0.15) is 28.2 Å². The van der Waals surface area contributed by atoms with E-state index in [2.05, 4.69) is 32.4 Å². The van der Waals surface area contributed by atoms with Gasteiger partial charge in [-0.05, 0) is 44.0 Å². The molecular weight excluding hydrogens is 400 g/mol. The van der Waals surface area contributed by atoms with Crippen molar-refractivity contribution in [1.29, 1.82) is 0 Å². The zero-order valence-electron chi connectivity index (χ0n) is 18.5. The van der Waals surface area contributed by atoms with E-state index < -0.39 is 0 Å². The molecule has 2 aromatic heterocycles. The maximum absolute atomic E-state index is 12.7. The van der Waals surface area contributed by atoms with Gasteiger partial charge in [-0.15, -0.1) is 0 Å². The predicted octanol–water partition coefficient (Wildman–Crippen LogP) is 4.21. The molecule has 5 rings (SSSR count). The molecule has 1 atom stereocenters. The van der Waals surface area contributed by atoms with Crippen molar-refractivity contribution >= 4 is 16.8 Å². The van der Waals surface area contributed by atoms with Crippen LogP contribution in [0.3, 0.4) is 0 Å². The Balaban J connectivity index is 1.28. The van der Waals surface area contributed by atoms with Crippen LogP contribution in [0.15, 0.2) is 48.7 Å². The molecule has 0 spiro atoms. The van der Waals surface area contributed by atoms with Crippen molar-refractivity contribution in [2.24, 2.45) is 0 Å². The minimum Gasteiger partial charge on any atom is -0.487 e. The maximum Gasteiger partial charge on any atom is 0.224 e. The van der Waals surface area contributed by atoms with Crippen molar-refractivity contribution in [2.45, 2.75) is 39.7 Å². The van der Waals surface area contributed by atoms with Crippen molar-refractivity contribution < 1.29 is 9.53 Å². The van der Waals surface area contributed by atoms with Crippen molar-refractivity contribution in [3.8, 4) is 17.0 Å². The van der Waals surface area contributed by atoms with Crippen LogP contribution in [0.5, 0.6) is 5.75 Å². The average Bonchev–Trinajstić information content (AvgIpc) is 3.34. The minimum atomic E-state index is -0.0998. The first-order chi connectivity index (χ1) is 15.5. The SMILES string of the molecule is Cc1cnc(C)c(-c2cccc3c2OC(CNC(=O)Cc2c(C)[nH]c4ccccc24)C3)n1. The van der Waals surface area contributed by atoms with Crippen molar-refractivity contribution in [1.82, 2.24) is 20.3 Å². The first-order valence-electron chi connectivity index (χ1n) is 10.9. The maximum atomic E-state index is 12.7. The normalized spacial score (nSPS) is 14.9. The van der Waals surface area contributed by atoms with E-state index in [9.17, 15) is 4.79 Å². The molecule has 3 heterocycles. The van der Waals surface area contributed by atoms with Crippen LogP contribution in [0, 0.1) is 20.8 Å². The Kier molecular flexibility index (Phi) is 5.13. The van der Waals surface area contributed by atoms with Crippen molar-refractivity contribution in [2.75, 3.05) is 6.54 Å². The third-order valence-electron chi connectivity index (χ3n) is 6.05. The van der Waals surface area contributed by atoms with Crippen LogP contribution in [0.2, 0.25) is 0 Å². The second kappa shape index (κ2) is 8.11. The molecule has 1 amide bonds. The lowest BCUT2D eigenvalue weighted by atomic mass is 10.0. The Bertz CT molecular complexity index is 1320. The van der Waals surface area contributed by atoms with Gasteiger partial charge in [0.1, 0.15) is 11.9 Å². The van der Waals surface area contributed by atoms with Gasteiger partial charge in [0, 0.05) is 34.8 Å². The number of fused-ring (bicyclic) bond motifs is 2. The van der Waals surface area contributed by atoms with Crippen LogP contribution in [0.4, 0.5) is 0 Å². The largest absolute Gasteiger partial charge is 0.487 e. The van der Waals surface area contributed by atoms with Gasteiger partial charge in [-0.3, -0.25) is 9.78 Å². The number of benzene rings is 2. The van der Waals surface area contributed by atoms with Gasteiger partial charge in [-0.2, -0.15) is 0 Å². The first kappa shape index (κ1) is 20.2. The standard InChI is InChI=1S/C26H26N4O2/c1-15-13-27-17(3)25(29-15)21-9-6-7-18-11-19(32-26(18)21)14-28-24(31)12-22-16(2)30-23-10-5-4-8-20(22)23/h4-10,13,19,30H,11-12,14H2,1-3H3,(H,28,31). The van der Waals surface area contributed by atoms with E-state index in [4.69, 9.17) is 4.74 Å². The molecule has 1 unspecified atom stereocenters. The Hall–Kier alpha value is -3.67. The number of nitrogens with zero attached hydrogens (tertiary/aromatic N) is 2. The van der Waals surface area contributed by atoms with Crippen LogP contribution in [-0.4, -0.2) is 33.5 Å². The third-order valence-corrected chi connectivity index (χ3v) is 6.05. The van der Waals surface area contributed by atoms with Crippen molar-refractivity contribution in [3.05, 3.63) is 76.9 Å². The molecule has 0 saturated carbocycles.